The first kappa shape index (κ1) is 11.4. The number of nitrogens with zero attached hydrogens (tertiary/aromatic N) is 2. The van der Waals surface area contributed by atoms with Crippen molar-refractivity contribution in [2.24, 2.45) is 0 Å². The van der Waals surface area contributed by atoms with Crippen molar-refractivity contribution in [1.29, 1.82) is 5.26 Å². The van der Waals surface area contributed by atoms with Gasteiger partial charge >= 0.3 is 0 Å². The van der Waals surface area contributed by atoms with Crippen molar-refractivity contribution in [3.05, 3.63) is 41.2 Å². The maximum Gasteiger partial charge on any atom is 0.157 e. The molecule has 17 heavy (non-hydrogen) atoms. The molecule has 1 heterocycles. The maximum atomic E-state index is 12.7. The van der Waals surface area contributed by atoms with Crippen LogP contribution in [-0.4, -0.2) is 4.37 Å². The number of anilines is 2. The quantitative estimate of drug-likeness (QED) is 0.874. The third-order valence-corrected chi connectivity index (χ3v) is 3.02. The zero-order valence-electron chi connectivity index (χ0n) is 8.77. The van der Waals surface area contributed by atoms with Gasteiger partial charge in [0.2, 0.25) is 0 Å². The van der Waals surface area contributed by atoms with Crippen LogP contribution in [0.3, 0.4) is 0 Å². The van der Waals surface area contributed by atoms with Gasteiger partial charge in [-0.05, 0) is 29.2 Å². The van der Waals surface area contributed by atoms with E-state index in [0.29, 0.717) is 17.1 Å². The second-order valence-corrected chi connectivity index (χ2v) is 4.14. The average molecular weight is 248 g/mol. The van der Waals surface area contributed by atoms with E-state index in [4.69, 9.17) is 11.0 Å². The van der Waals surface area contributed by atoms with Crippen molar-refractivity contribution in [3.8, 4) is 6.07 Å². The summed E-state index contributed by atoms with van der Waals surface area (Å²) in [5.41, 5.74) is 6.81. The summed E-state index contributed by atoms with van der Waals surface area (Å²) >= 11 is 1.14. The molecular formula is C11H9FN4S. The summed E-state index contributed by atoms with van der Waals surface area (Å²) in [4.78, 5) is 0. The topological polar surface area (TPSA) is 74.7 Å². The van der Waals surface area contributed by atoms with E-state index in [1.54, 1.807) is 12.1 Å². The number of nitrogens with two attached hydrogens (primary N) is 1. The average Bonchev–Trinajstić information content (AvgIpc) is 2.69. The Morgan fingerprint density at radius 2 is 2.12 bits per heavy atom. The molecule has 2 aromatic rings. The summed E-state index contributed by atoms with van der Waals surface area (Å²) in [6.45, 7) is 0.497. The Balaban J connectivity index is 2.08. The van der Waals surface area contributed by atoms with E-state index in [-0.39, 0.29) is 11.6 Å². The minimum absolute atomic E-state index is 0.235. The second kappa shape index (κ2) is 4.80. The first-order valence-corrected chi connectivity index (χ1v) is 5.61. The number of aromatic nitrogens is 1. The Hall–Kier alpha value is -2.13. The molecule has 86 valence electrons. The van der Waals surface area contributed by atoms with Crippen LogP contribution in [0.1, 0.15) is 11.1 Å². The van der Waals surface area contributed by atoms with Crippen molar-refractivity contribution in [3.63, 3.8) is 0 Å². The zero-order chi connectivity index (χ0) is 12.3. The number of hydrogen-bond acceptors (Lipinski definition) is 5. The van der Waals surface area contributed by atoms with E-state index in [2.05, 4.69) is 9.69 Å². The number of nitriles is 1. The standard InChI is InChI=1S/C11H9FN4S/c12-8-3-1-7(2-4-8)6-15-11-9(5-13)10(14)16-17-11/h1-4,15H,6H2,(H2,14,16). The van der Waals surface area contributed by atoms with Crippen LogP contribution in [0.25, 0.3) is 0 Å². The van der Waals surface area contributed by atoms with E-state index >= 15 is 0 Å². The van der Waals surface area contributed by atoms with Crippen LogP contribution in [0.15, 0.2) is 24.3 Å². The lowest BCUT2D eigenvalue weighted by Gasteiger charge is -2.03. The van der Waals surface area contributed by atoms with Crippen LogP contribution in [-0.2, 0) is 6.54 Å². The van der Waals surface area contributed by atoms with Crippen LogP contribution in [0.2, 0.25) is 0 Å². The molecule has 2 rings (SSSR count). The number of hydrogen-bond donors (Lipinski definition) is 2. The fraction of sp³-hybridized carbons (Fsp3) is 0.0909. The van der Waals surface area contributed by atoms with Gasteiger partial charge < -0.3 is 11.1 Å². The highest BCUT2D eigenvalue weighted by Crippen LogP contribution is 2.25. The molecule has 0 amide bonds. The molecule has 0 aliphatic rings. The number of halogens is 1. The van der Waals surface area contributed by atoms with Crippen molar-refractivity contribution < 1.29 is 4.39 Å². The summed E-state index contributed by atoms with van der Waals surface area (Å²) in [6.07, 6.45) is 0. The third kappa shape index (κ3) is 2.52. The largest absolute Gasteiger partial charge is 0.382 e. The smallest absolute Gasteiger partial charge is 0.157 e. The van der Waals surface area contributed by atoms with Gasteiger partial charge in [0, 0.05) is 6.54 Å². The summed E-state index contributed by atoms with van der Waals surface area (Å²) in [6, 6.07) is 8.13. The van der Waals surface area contributed by atoms with E-state index in [1.165, 1.54) is 12.1 Å². The number of nitrogen functional groups attached to an aromatic ring is 1. The SMILES string of the molecule is N#Cc1c(N)nsc1NCc1ccc(F)cc1. The van der Waals surface area contributed by atoms with Crippen molar-refractivity contribution >= 4 is 22.4 Å². The molecule has 0 saturated carbocycles. The lowest BCUT2D eigenvalue weighted by Crippen LogP contribution is -1.99. The van der Waals surface area contributed by atoms with E-state index in [0.717, 1.165) is 17.1 Å². The Kier molecular flexibility index (Phi) is 3.21. The van der Waals surface area contributed by atoms with Gasteiger partial charge in [-0.1, -0.05) is 12.1 Å². The van der Waals surface area contributed by atoms with Crippen LogP contribution in [0, 0.1) is 17.1 Å². The number of nitrogens with one attached hydrogen (secondary N) is 1. The Morgan fingerprint density at radius 1 is 1.41 bits per heavy atom. The van der Waals surface area contributed by atoms with E-state index < -0.39 is 0 Å². The molecule has 0 aliphatic carbocycles. The monoisotopic (exact) mass is 248 g/mol. The van der Waals surface area contributed by atoms with Gasteiger partial charge in [-0.15, -0.1) is 0 Å². The van der Waals surface area contributed by atoms with Crippen LogP contribution < -0.4 is 11.1 Å². The summed E-state index contributed by atoms with van der Waals surface area (Å²) in [5.74, 6) is -0.0346. The highest BCUT2D eigenvalue weighted by Gasteiger charge is 2.10. The normalized spacial score (nSPS) is 9.88. The maximum absolute atomic E-state index is 12.7. The molecule has 0 aliphatic heterocycles. The van der Waals surface area contributed by atoms with Gasteiger partial charge in [0.05, 0.1) is 0 Å². The van der Waals surface area contributed by atoms with Crippen molar-refractivity contribution in [1.82, 2.24) is 4.37 Å². The molecule has 0 unspecified atom stereocenters. The van der Waals surface area contributed by atoms with Crippen molar-refractivity contribution in [2.75, 3.05) is 11.1 Å². The van der Waals surface area contributed by atoms with Gasteiger partial charge in [-0.3, -0.25) is 0 Å². The first-order chi connectivity index (χ1) is 8.20. The number of benzene rings is 1. The first-order valence-electron chi connectivity index (χ1n) is 4.84. The van der Waals surface area contributed by atoms with Crippen LogP contribution >= 0.6 is 11.5 Å². The Bertz CT molecular complexity index is 556. The summed E-state index contributed by atoms with van der Waals surface area (Å²) < 4.78 is 16.6. The van der Waals surface area contributed by atoms with Gasteiger partial charge in [0.25, 0.3) is 0 Å². The van der Waals surface area contributed by atoms with Gasteiger partial charge in [0.1, 0.15) is 22.5 Å². The van der Waals surface area contributed by atoms with Gasteiger partial charge in [0.15, 0.2) is 5.82 Å². The predicted octanol–water partition coefficient (Wildman–Crippen LogP) is 2.35. The second-order valence-electron chi connectivity index (χ2n) is 3.36. The Morgan fingerprint density at radius 3 is 2.76 bits per heavy atom. The van der Waals surface area contributed by atoms with Gasteiger partial charge in [-0.2, -0.15) is 9.64 Å². The molecule has 6 heteroatoms. The highest BCUT2D eigenvalue weighted by molar-refractivity contribution is 7.10. The molecule has 0 fully saturated rings. The van der Waals surface area contributed by atoms with E-state index in [9.17, 15) is 4.39 Å². The molecule has 0 saturated heterocycles. The minimum Gasteiger partial charge on any atom is -0.382 e. The molecule has 1 aromatic heterocycles. The van der Waals surface area contributed by atoms with Gasteiger partial charge in [-0.25, -0.2) is 4.39 Å². The molecule has 0 radical (unpaired) electrons. The molecule has 0 spiro atoms. The van der Waals surface area contributed by atoms with Crippen LogP contribution in [0.5, 0.6) is 0 Å². The van der Waals surface area contributed by atoms with Crippen LogP contribution in [0.4, 0.5) is 15.2 Å². The molecule has 1 aromatic carbocycles. The molecule has 0 bridgehead atoms. The van der Waals surface area contributed by atoms with Crippen molar-refractivity contribution in [2.45, 2.75) is 6.54 Å². The lowest BCUT2D eigenvalue weighted by molar-refractivity contribution is 0.627. The molecular weight excluding hydrogens is 239 g/mol. The molecule has 4 nitrogen and oxygen atoms in total. The summed E-state index contributed by atoms with van der Waals surface area (Å²) in [7, 11) is 0. The third-order valence-electron chi connectivity index (χ3n) is 2.20. The Labute approximate surface area is 102 Å². The fourth-order valence-electron chi connectivity index (χ4n) is 1.32. The van der Waals surface area contributed by atoms with E-state index in [1.807, 2.05) is 6.07 Å². The minimum atomic E-state index is -0.270. The molecule has 0 atom stereocenters. The highest BCUT2D eigenvalue weighted by atomic mass is 32.1. The zero-order valence-corrected chi connectivity index (χ0v) is 9.59. The summed E-state index contributed by atoms with van der Waals surface area (Å²) in [5, 5.41) is 12.6. The fourth-order valence-corrected chi connectivity index (χ4v) is 1.97. The molecule has 3 N–H and O–H groups in total. The number of rotatable bonds is 3. The predicted molar refractivity (Wildman–Crippen MR) is 65.0 cm³/mol. The lowest BCUT2D eigenvalue weighted by atomic mass is 10.2.